The molecule has 0 radical (unpaired) electrons. The van der Waals surface area contributed by atoms with Gasteiger partial charge < -0.3 is 9.84 Å². The molecule has 170 valence electrons. The van der Waals surface area contributed by atoms with Crippen LogP contribution >= 0.6 is 0 Å². The third kappa shape index (κ3) is 5.16. The number of aromatic nitrogens is 2. The van der Waals surface area contributed by atoms with Crippen molar-refractivity contribution in [1.29, 1.82) is 0 Å². The van der Waals surface area contributed by atoms with Gasteiger partial charge in [0.15, 0.2) is 5.82 Å². The second-order valence-electron chi connectivity index (χ2n) is 8.34. The number of aryl methyl sites for hydroxylation is 1. The molecule has 8 heteroatoms. The lowest BCUT2D eigenvalue weighted by molar-refractivity contribution is -0.132. The van der Waals surface area contributed by atoms with Gasteiger partial charge in [-0.2, -0.15) is 10.1 Å². The molecule has 1 aliphatic heterocycles. The molecule has 2 amide bonds. The van der Waals surface area contributed by atoms with Crippen molar-refractivity contribution in [2.24, 2.45) is 5.10 Å². The number of anilines is 1. The van der Waals surface area contributed by atoms with Crippen molar-refractivity contribution in [3.63, 3.8) is 0 Å². The Morgan fingerprint density at radius 3 is 2.61 bits per heavy atom. The van der Waals surface area contributed by atoms with Gasteiger partial charge in [-0.25, -0.2) is 5.01 Å². The molecule has 2 aromatic carbocycles. The largest absolute Gasteiger partial charge is 0.334 e. The highest BCUT2D eigenvalue weighted by atomic mass is 16.5. The van der Waals surface area contributed by atoms with Crippen LogP contribution in [0.15, 0.2) is 58.2 Å². The fourth-order valence-corrected chi connectivity index (χ4v) is 3.61. The van der Waals surface area contributed by atoms with E-state index in [9.17, 15) is 9.59 Å². The van der Waals surface area contributed by atoms with Crippen molar-refractivity contribution < 1.29 is 14.1 Å². The van der Waals surface area contributed by atoms with Gasteiger partial charge in [0.2, 0.25) is 11.8 Å². The molecule has 1 aliphatic rings. The van der Waals surface area contributed by atoms with Crippen LogP contribution in [0, 0.1) is 6.92 Å². The van der Waals surface area contributed by atoms with Crippen LogP contribution in [0.5, 0.6) is 0 Å². The first kappa shape index (κ1) is 22.4. The summed E-state index contributed by atoms with van der Waals surface area (Å²) in [6.07, 6.45) is 0.841. The number of nitrogens with zero attached hydrogens (tertiary/aromatic N) is 4. The molecular weight excluding hydrogens is 418 g/mol. The monoisotopic (exact) mass is 445 g/mol. The van der Waals surface area contributed by atoms with Gasteiger partial charge in [0.25, 0.3) is 5.89 Å². The Kier molecular flexibility index (Phi) is 6.63. The van der Waals surface area contributed by atoms with Crippen molar-refractivity contribution in [3.8, 4) is 11.5 Å². The highest BCUT2D eigenvalue weighted by Crippen LogP contribution is 2.30. The Hall–Kier alpha value is -3.81. The second-order valence-corrected chi connectivity index (χ2v) is 8.34. The number of para-hydroxylation sites is 1. The number of hydrogen-bond donors (Lipinski definition) is 1. The van der Waals surface area contributed by atoms with Crippen LogP contribution in [0.4, 0.5) is 5.69 Å². The van der Waals surface area contributed by atoms with Crippen LogP contribution in [0.1, 0.15) is 56.0 Å². The maximum Gasteiger partial charge on any atom is 0.260 e. The van der Waals surface area contributed by atoms with E-state index < -0.39 is 0 Å². The SMILES string of the molecule is Cc1cccc(-c2nc(C(C)C)no2)c1NC(=O)CCC(=O)N1CCC(c2ccccc2)=N1. The molecule has 3 aromatic rings. The van der Waals surface area contributed by atoms with Crippen molar-refractivity contribution in [2.75, 3.05) is 11.9 Å². The minimum atomic E-state index is -0.256. The molecule has 1 N–H and O–H groups in total. The quantitative estimate of drug-likeness (QED) is 0.576. The lowest BCUT2D eigenvalue weighted by Gasteiger charge is -2.13. The van der Waals surface area contributed by atoms with E-state index in [0.717, 1.165) is 16.8 Å². The molecule has 1 aromatic heterocycles. The molecule has 2 heterocycles. The van der Waals surface area contributed by atoms with Gasteiger partial charge in [-0.05, 0) is 24.1 Å². The van der Waals surface area contributed by atoms with Crippen LogP contribution < -0.4 is 5.32 Å². The number of carbonyl (C=O) groups excluding carboxylic acids is 2. The van der Waals surface area contributed by atoms with Crippen molar-refractivity contribution in [2.45, 2.75) is 46.0 Å². The van der Waals surface area contributed by atoms with Crippen molar-refractivity contribution in [3.05, 3.63) is 65.5 Å². The Morgan fingerprint density at radius 2 is 1.88 bits per heavy atom. The zero-order chi connectivity index (χ0) is 23.4. The summed E-state index contributed by atoms with van der Waals surface area (Å²) in [4.78, 5) is 29.7. The zero-order valence-electron chi connectivity index (χ0n) is 19.0. The number of hydrazone groups is 1. The summed E-state index contributed by atoms with van der Waals surface area (Å²) in [7, 11) is 0. The topological polar surface area (TPSA) is 101 Å². The summed E-state index contributed by atoms with van der Waals surface area (Å²) in [5, 5.41) is 12.8. The summed E-state index contributed by atoms with van der Waals surface area (Å²) in [6.45, 7) is 6.39. The molecule has 0 atom stereocenters. The van der Waals surface area contributed by atoms with Gasteiger partial charge in [0.05, 0.1) is 23.5 Å². The minimum Gasteiger partial charge on any atom is -0.334 e. The minimum absolute atomic E-state index is 0.0559. The Bertz CT molecular complexity index is 1180. The Labute approximate surface area is 192 Å². The smallest absolute Gasteiger partial charge is 0.260 e. The van der Waals surface area contributed by atoms with E-state index in [-0.39, 0.29) is 30.6 Å². The molecule has 8 nitrogen and oxygen atoms in total. The van der Waals surface area contributed by atoms with Crippen molar-refractivity contribution >= 4 is 23.2 Å². The average molecular weight is 446 g/mol. The van der Waals surface area contributed by atoms with E-state index in [1.807, 2.05) is 69.3 Å². The summed E-state index contributed by atoms with van der Waals surface area (Å²) in [6, 6.07) is 15.4. The zero-order valence-corrected chi connectivity index (χ0v) is 19.0. The van der Waals surface area contributed by atoms with E-state index >= 15 is 0 Å². The lowest BCUT2D eigenvalue weighted by atomic mass is 10.1. The number of benzene rings is 2. The molecule has 33 heavy (non-hydrogen) atoms. The predicted octanol–water partition coefficient (Wildman–Crippen LogP) is 4.52. The highest BCUT2D eigenvalue weighted by Gasteiger charge is 2.23. The normalized spacial score (nSPS) is 13.3. The third-order valence-corrected chi connectivity index (χ3v) is 5.49. The first-order chi connectivity index (χ1) is 15.9. The molecule has 0 saturated heterocycles. The number of carbonyl (C=O) groups is 2. The molecule has 0 unspecified atom stereocenters. The Balaban J connectivity index is 1.39. The van der Waals surface area contributed by atoms with E-state index in [0.29, 0.717) is 35.9 Å². The van der Waals surface area contributed by atoms with Gasteiger partial charge in [-0.3, -0.25) is 9.59 Å². The van der Waals surface area contributed by atoms with Crippen LogP contribution in [0.3, 0.4) is 0 Å². The van der Waals surface area contributed by atoms with E-state index in [1.165, 1.54) is 5.01 Å². The van der Waals surface area contributed by atoms with E-state index in [4.69, 9.17) is 4.52 Å². The summed E-state index contributed by atoms with van der Waals surface area (Å²) < 4.78 is 5.41. The van der Waals surface area contributed by atoms with Gasteiger partial charge in [-0.1, -0.05) is 61.5 Å². The van der Waals surface area contributed by atoms with Gasteiger partial charge in [-0.15, -0.1) is 0 Å². The van der Waals surface area contributed by atoms with Gasteiger partial charge >= 0.3 is 0 Å². The third-order valence-electron chi connectivity index (χ3n) is 5.49. The predicted molar refractivity (Wildman–Crippen MR) is 126 cm³/mol. The van der Waals surface area contributed by atoms with Crippen LogP contribution in [0.25, 0.3) is 11.5 Å². The van der Waals surface area contributed by atoms with E-state index in [2.05, 4.69) is 20.6 Å². The van der Waals surface area contributed by atoms with Gasteiger partial charge in [0.1, 0.15) is 0 Å². The standard InChI is InChI=1S/C25H27N5O3/c1-16(2)24-27-25(33-29-24)19-11-7-8-17(3)23(19)26-21(31)12-13-22(32)30-15-14-20(28-30)18-9-5-4-6-10-18/h4-11,16H,12-15H2,1-3H3,(H,26,31). The first-order valence-corrected chi connectivity index (χ1v) is 11.1. The maximum atomic E-state index is 12.7. The molecule has 0 bridgehead atoms. The molecule has 0 saturated carbocycles. The molecular formula is C25H27N5O3. The number of nitrogens with one attached hydrogen (secondary N) is 1. The summed E-state index contributed by atoms with van der Waals surface area (Å²) in [5.74, 6) is 0.671. The number of amides is 2. The number of rotatable bonds is 7. The van der Waals surface area contributed by atoms with Crippen LogP contribution in [0.2, 0.25) is 0 Å². The molecule has 4 rings (SSSR count). The summed E-state index contributed by atoms with van der Waals surface area (Å²) >= 11 is 0. The molecule has 0 spiro atoms. The fourth-order valence-electron chi connectivity index (χ4n) is 3.61. The van der Waals surface area contributed by atoms with Crippen molar-refractivity contribution in [1.82, 2.24) is 15.1 Å². The fraction of sp³-hybridized carbons (Fsp3) is 0.320. The maximum absolute atomic E-state index is 12.7. The van der Waals surface area contributed by atoms with Crippen LogP contribution in [-0.4, -0.2) is 39.2 Å². The number of hydrogen-bond acceptors (Lipinski definition) is 6. The first-order valence-electron chi connectivity index (χ1n) is 11.1. The van der Waals surface area contributed by atoms with Gasteiger partial charge in [0, 0.05) is 25.2 Å². The molecule has 0 aliphatic carbocycles. The summed E-state index contributed by atoms with van der Waals surface area (Å²) in [5.41, 5.74) is 4.04. The molecule has 0 fully saturated rings. The Morgan fingerprint density at radius 1 is 1.09 bits per heavy atom. The lowest BCUT2D eigenvalue weighted by Crippen LogP contribution is -2.25. The highest BCUT2D eigenvalue weighted by molar-refractivity contribution is 6.03. The second kappa shape index (κ2) is 9.77. The van der Waals surface area contributed by atoms with E-state index in [1.54, 1.807) is 0 Å². The average Bonchev–Trinajstić information content (AvgIpc) is 3.50. The van der Waals surface area contributed by atoms with Crippen LogP contribution in [-0.2, 0) is 9.59 Å².